The van der Waals surface area contributed by atoms with E-state index < -0.39 is 12.1 Å². The van der Waals surface area contributed by atoms with Gasteiger partial charge in [0.1, 0.15) is 0 Å². The summed E-state index contributed by atoms with van der Waals surface area (Å²) in [5.41, 5.74) is 0.885. The smallest absolute Gasteiger partial charge is 0.360 e. The van der Waals surface area contributed by atoms with Crippen LogP contribution in [0.25, 0.3) is 10.9 Å². The molecule has 2 heterocycles. The zero-order chi connectivity index (χ0) is 19.4. The van der Waals surface area contributed by atoms with Crippen molar-refractivity contribution in [1.82, 2.24) is 15.1 Å². The van der Waals surface area contributed by atoms with E-state index in [9.17, 15) is 14.4 Å². The summed E-state index contributed by atoms with van der Waals surface area (Å²) in [5.74, 6) is -1.31. The third-order valence-electron chi connectivity index (χ3n) is 4.72. The van der Waals surface area contributed by atoms with E-state index in [4.69, 9.17) is 9.47 Å². The molecule has 1 atom stereocenters. The summed E-state index contributed by atoms with van der Waals surface area (Å²) >= 11 is 0. The largest absolute Gasteiger partial charge is 0.466 e. The minimum Gasteiger partial charge on any atom is -0.466 e. The summed E-state index contributed by atoms with van der Waals surface area (Å²) in [4.78, 5) is 38.4. The predicted molar refractivity (Wildman–Crippen MR) is 96.9 cm³/mol. The Kier molecular flexibility index (Phi) is 5.73. The van der Waals surface area contributed by atoms with Gasteiger partial charge in [-0.2, -0.15) is 5.10 Å². The minimum absolute atomic E-state index is 0.159. The fourth-order valence-corrected chi connectivity index (χ4v) is 3.24. The molecule has 1 saturated heterocycles. The molecule has 8 heteroatoms. The first-order chi connectivity index (χ1) is 13.0. The molecule has 0 radical (unpaired) electrons. The van der Waals surface area contributed by atoms with Crippen molar-refractivity contribution in [2.45, 2.75) is 32.8 Å². The van der Waals surface area contributed by atoms with Crippen LogP contribution in [0.4, 0.5) is 0 Å². The average molecular weight is 373 g/mol. The van der Waals surface area contributed by atoms with Crippen LogP contribution in [-0.2, 0) is 19.1 Å². The molecule has 144 valence electrons. The highest BCUT2D eigenvalue weighted by Crippen LogP contribution is 2.21. The molecule has 1 fully saturated rings. The zero-order valence-corrected chi connectivity index (χ0v) is 15.4. The predicted octanol–water partition coefficient (Wildman–Crippen LogP) is 1.91. The van der Waals surface area contributed by atoms with Crippen LogP contribution >= 0.6 is 0 Å². The number of para-hydroxylation sites is 1. The highest BCUT2D eigenvalue weighted by atomic mass is 16.5. The van der Waals surface area contributed by atoms with Crippen molar-refractivity contribution in [3.8, 4) is 0 Å². The summed E-state index contributed by atoms with van der Waals surface area (Å²) in [7, 11) is 0. The van der Waals surface area contributed by atoms with E-state index in [0.29, 0.717) is 37.9 Å². The van der Waals surface area contributed by atoms with Gasteiger partial charge < -0.3 is 14.4 Å². The lowest BCUT2D eigenvalue weighted by Gasteiger charge is -2.32. The van der Waals surface area contributed by atoms with Crippen LogP contribution in [0.5, 0.6) is 0 Å². The van der Waals surface area contributed by atoms with Gasteiger partial charge in [0.25, 0.3) is 5.91 Å². The summed E-state index contributed by atoms with van der Waals surface area (Å²) in [5, 5.41) is 7.41. The molecule has 1 N–H and O–H groups in total. The number of nitrogens with one attached hydrogen (secondary N) is 1. The molecule has 2 aromatic rings. The Morgan fingerprint density at radius 3 is 2.67 bits per heavy atom. The lowest BCUT2D eigenvalue weighted by Crippen LogP contribution is -2.45. The number of ether oxygens (including phenoxy) is 2. The maximum absolute atomic E-state index is 12.6. The Morgan fingerprint density at radius 1 is 1.26 bits per heavy atom. The molecule has 1 amide bonds. The average Bonchev–Trinajstić information content (AvgIpc) is 3.12. The van der Waals surface area contributed by atoms with Crippen molar-refractivity contribution in [1.29, 1.82) is 0 Å². The number of aromatic nitrogens is 2. The molecule has 1 aliphatic rings. The summed E-state index contributed by atoms with van der Waals surface area (Å²) < 4.78 is 10.4. The molecule has 1 aromatic carbocycles. The molecule has 0 spiro atoms. The van der Waals surface area contributed by atoms with E-state index in [-0.39, 0.29) is 23.5 Å². The van der Waals surface area contributed by atoms with Crippen molar-refractivity contribution in [3.05, 3.63) is 30.0 Å². The van der Waals surface area contributed by atoms with Crippen molar-refractivity contribution in [2.24, 2.45) is 5.92 Å². The van der Waals surface area contributed by atoms with E-state index in [1.54, 1.807) is 36.9 Å². The number of fused-ring (bicyclic) bond motifs is 1. The van der Waals surface area contributed by atoms with Gasteiger partial charge in [0.2, 0.25) is 0 Å². The first-order valence-corrected chi connectivity index (χ1v) is 9.10. The number of carbonyl (C=O) groups is 3. The van der Waals surface area contributed by atoms with E-state index in [2.05, 4.69) is 10.2 Å². The Morgan fingerprint density at radius 2 is 1.96 bits per heavy atom. The van der Waals surface area contributed by atoms with Gasteiger partial charge in [-0.3, -0.25) is 14.7 Å². The highest BCUT2D eigenvalue weighted by Gasteiger charge is 2.31. The molecule has 0 unspecified atom stereocenters. The highest BCUT2D eigenvalue weighted by molar-refractivity contribution is 6.02. The second-order valence-electron chi connectivity index (χ2n) is 6.52. The minimum atomic E-state index is -0.924. The standard InChI is InChI=1S/C19H23N3O5/c1-3-26-18(24)13-8-10-22(11-9-13)17(23)12(2)27-19(25)16-14-6-4-5-7-15(14)20-21-16/h4-7,12-13H,3,8-11H2,1-2H3,(H,20,21)/t12-/m1/s1. The second-order valence-corrected chi connectivity index (χ2v) is 6.52. The normalized spacial score (nSPS) is 16.1. The van der Waals surface area contributed by atoms with Gasteiger partial charge in [-0.25, -0.2) is 4.79 Å². The van der Waals surface area contributed by atoms with Crippen LogP contribution in [0, 0.1) is 5.92 Å². The molecular weight excluding hydrogens is 350 g/mol. The number of esters is 2. The van der Waals surface area contributed by atoms with Crippen LogP contribution in [0.1, 0.15) is 37.2 Å². The van der Waals surface area contributed by atoms with Gasteiger partial charge in [-0.1, -0.05) is 18.2 Å². The summed E-state index contributed by atoms with van der Waals surface area (Å²) in [6.45, 7) is 4.56. The molecule has 3 rings (SSSR count). The van der Waals surface area contributed by atoms with Gasteiger partial charge >= 0.3 is 11.9 Å². The number of hydrogen-bond donors (Lipinski definition) is 1. The number of amides is 1. The number of hydrogen-bond acceptors (Lipinski definition) is 6. The molecular formula is C19H23N3O5. The van der Waals surface area contributed by atoms with Crippen molar-refractivity contribution < 1.29 is 23.9 Å². The third kappa shape index (κ3) is 4.10. The van der Waals surface area contributed by atoms with E-state index in [1.807, 2.05) is 6.07 Å². The van der Waals surface area contributed by atoms with Crippen LogP contribution in [0.3, 0.4) is 0 Å². The van der Waals surface area contributed by atoms with Crippen LogP contribution in [0.15, 0.2) is 24.3 Å². The molecule has 1 aliphatic heterocycles. The lowest BCUT2D eigenvalue weighted by atomic mass is 9.97. The topological polar surface area (TPSA) is 102 Å². The lowest BCUT2D eigenvalue weighted by molar-refractivity contribution is -0.152. The molecule has 8 nitrogen and oxygen atoms in total. The Labute approximate surface area is 156 Å². The van der Waals surface area contributed by atoms with Gasteiger partial charge in [0.15, 0.2) is 11.8 Å². The Bertz CT molecular complexity index is 839. The van der Waals surface area contributed by atoms with Crippen molar-refractivity contribution in [2.75, 3.05) is 19.7 Å². The molecule has 1 aromatic heterocycles. The molecule has 0 aliphatic carbocycles. The van der Waals surface area contributed by atoms with Crippen molar-refractivity contribution in [3.63, 3.8) is 0 Å². The maximum atomic E-state index is 12.6. The number of nitrogens with zero attached hydrogens (tertiary/aromatic N) is 2. The van der Waals surface area contributed by atoms with E-state index in [1.165, 1.54) is 0 Å². The van der Waals surface area contributed by atoms with Crippen LogP contribution in [-0.4, -0.2) is 58.7 Å². The zero-order valence-electron chi connectivity index (χ0n) is 15.4. The van der Waals surface area contributed by atoms with Gasteiger partial charge in [0.05, 0.1) is 18.0 Å². The van der Waals surface area contributed by atoms with Crippen LogP contribution < -0.4 is 0 Å². The first-order valence-electron chi connectivity index (χ1n) is 9.10. The van der Waals surface area contributed by atoms with Gasteiger partial charge in [0, 0.05) is 18.5 Å². The maximum Gasteiger partial charge on any atom is 0.360 e. The Hall–Kier alpha value is -2.90. The number of aromatic amines is 1. The van der Waals surface area contributed by atoms with Gasteiger partial charge in [-0.15, -0.1) is 0 Å². The quantitative estimate of drug-likeness (QED) is 0.804. The van der Waals surface area contributed by atoms with Crippen molar-refractivity contribution >= 4 is 28.7 Å². The van der Waals surface area contributed by atoms with E-state index >= 15 is 0 Å². The molecule has 27 heavy (non-hydrogen) atoms. The number of H-pyrrole nitrogens is 1. The fraction of sp³-hybridized carbons (Fsp3) is 0.474. The fourth-order valence-electron chi connectivity index (χ4n) is 3.24. The second kappa shape index (κ2) is 8.20. The number of carbonyl (C=O) groups excluding carboxylic acids is 3. The number of likely N-dealkylation sites (tertiary alicyclic amines) is 1. The SMILES string of the molecule is CCOC(=O)C1CCN(C(=O)[C@@H](C)OC(=O)c2n[nH]c3ccccc23)CC1. The molecule has 0 bridgehead atoms. The summed E-state index contributed by atoms with van der Waals surface area (Å²) in [6.07, 6.45) is 0.178. The third-order valence-corrected chi connectivity index (χ3v) is 4.72. The van der Waals surface area contributed by atoms with E-state index in [0.717, 1.165) is 5.52 Å². The Balaban J connectivity index is 1.56. The monoisotopic (exact) mass is 373 g/mol. The molecule has 0 saturated carbocycles. The number of rotatable bonds is 5. The van der Waals surface area contributed by atoms with Crippen LogP contribution in [0.2, 0.25) is 0 Å². The number of benzene rings is 1. The first kappa shape index (κ1) is 18.9. The van der Waals surface area contributed by atoms with Gasteiger partial charge in [-0.05, 0) is 32.8 Å². The summed E-state index contributed by atoms with van der Waals surface area (Å²) in [6, 6.07) is 7.21. The number of piperidine rings is 1.